The van der Waals surface area contributed by atoms with Crippen LogP contribution in [0.5, 0.6) is 5.75 Å². The summed E-state index contributed by atoms with van der Waals surface area (Å²) in [4.78, 5) is 37.9. The highest BCUT2D eigenvalue weighted by Gasteiger charge is 2.26. The normalized spacial score (nSPS) is 13.5. The predicted octanol–water partition coefficient (Wildman–Crippen LogP) is 2.24. The summed E-state index contributed by atoms with van der Waals surface area (Å²) >= 11 is 0. The van der Waals surface area contributed by atoms with Gasteiger partial charge in [-0.15, -0.1) is 0 Å². The quantitative estimate of drug-likeness (QED) is 0.754. The molecule has 1 aliphatic heterocycles. The summed E-state index contributed by atoms with van der Waals surface area (Å²) < 4.78 is 10.5. The van der Waals surface area contributed by atoms with E-state index in [9.17, 15) is 14.4 Å². The number of carbonyl (C=O) groups is 3. The topological polar surface area (TPSA) is 109 Å². The molecule has 3 rings (SSSR count). The first-order valence-electron chi connectivity index (χ1n) is 9.00. The van der Waals surface area contributed by atoms with Gasteiger partial charge in [0.25, 0.3) is 11.8 Å². The number of hydrogen-bond donors (Lipinski definition) is 1. The average Bonchev–Trinajstić information content (AvgIpc) is 2.73. The highest BCUT2D eigenvalue weighted by atomic mass is 16.5. The van der Waals surface area contributed by atoms with Crippen molar-refractivity contribution in [2.24, 2.45) is 0 Å². The number of hydrogen-bond acceptors (Lipinski definition) is 6. The van der Waals surface area contributed by atoms with E-state index in [0.717, 1.165) is 0 Å². The minimum atomic E-state index is -1.01. The molecule has 0 radical (unpaired) electrons. The molecule has 0 saturated carbocycles. The molecule has 29 heavy (non-hydrogen) atoms. The first-order valence-corrected chi connectivity index (χ1v) is 9.00. The van der Waals surface area contributed by atoms with Gasteiger partial charge in [-0.05, 0) is 43.3 Å². The van der Waals surface area contributed by atoms with Gasteiger partial charge < -0.3 is 19.7 Å². The molecule has 0 bridgehead atoms. The van der Waals surface area contributed by atoms with Gasteiger partial charge in [0, 0.05) is 12.2 Å². The third kappa shape index (κ3) is 4.90. The highest BCUT2D eigenvalue weighted by molar-refractivity contribution is 5.98. The van der Waals surface area contributed by atoms with E-state index in [-0.39, 0.29) is 25.5 Å². The second kappa shape index (κ2) is 8.89. The maximum Gasteiger partial charge on any atom is 0.308 e. The lowest BCUT2D eigenvalue weighted by Gasteiger charge is -2.29. The Morgan fingerprint density at radius 1 is 1.24 bits per heavy atom. The fourth-order valence-corrected chi connectivity index (χ4v) is 2.78. The van der Waals surface area contributed by atoms with Crippen LogP contribution in [0.15, 0.2) is 48.5 Å². The van der Waals surface area contributed by atoms with Gasteiger partial charge >= 0.3 is 5.97 Å². The molecule has 2 aromatic rings. The number of nitrogens with zero attached hydrogens (tertiary/aromatic N) is 2. The van der Waals surface area contributed by atoms with Gasteiger partial charge in [0.1, 0.15) is 5.75 Å². The smallest absolute Gasteiger partial charge is 0.308 e. The molecule has 0 unspecified atom stereocenters. The predicted molar refractivity (Wildman–Crippen MR) is 104 cm³/mol. The van der Waals surface area contributed by atoms with Crippen LogP contribution in [0, 0.1) is 11.3 Å². The maximum absolute atomic E-state index is 12.2. The van der Waals surface area contributed by atoms with Gasteiger partial charge in [-0.1, -0.05) is 12.1 Å². The summed E-state index contributed by atoms with van der Waals surface area (Å²) in [6.07, 6.45) is -1.07. The van der Waals surface area contributed by atoms with Gasteiger partial charge in [-0.2, -0.15) is 5.26 Å². The number of anilines is 2. The molecule has 2 amide bonds. The number of fused-ring (bicyclic) bond motifs is 1. The Labute approximate surface area is 167 Å². The van der Waals surface area contributed by atoms with E-state index in [4.69, 9.17) is 14.7 Å². The first-order chi connectivity index (χ1) is 14.0. The van der Waals surface area contributed by atoms with Crippen LogP contribution in [0.3, 0.4) is 0 Å². The lowest BCUT2D eigenvalue weighted by molar-refractivity contribution is -0.153. The average molecular weight is 393 g/mol. The van der Waals surface area contributed by atoms with Crippen LogP contribution in [0.25, 0.3) is 0 Å². The van der Waals surface area contributed by atoms with Crippen molar-refractivity contribution in [1.82, 2.24) is 0 Å². The number of nitriles is 1. The van der Waals surface area contributed by atoms with Crippen LogP contribution in [0.1, 0.15) is 18.9 Å². The molecule has 1 atom stereocenters. The van der Waals surface area contributed by atoms with Crippen LogP contribution in [0.2, 0.25) is 0 Å². The summed E-state index contributed by atoms with van der Waals surface area (Å²) in [7, 11) is 0. The molecule has 2 aromatic carbocycles. The second-order valence-electron chi connectivity index (χ2n) is 6.36. The molecule has 0 aromatic heterocycles. The molecule has 0 aliphatic carbocycles. The van der Waals surface area contributed by atoms with E-state index < -0.39 is 18.0 Å². The van der Waals surface area contributed by atoms with Crippen molar-refractivity contribution < 1.29 is 23.9 Å². The molecule has 0 saturated heterocycles. The zero-order valence-electron chi connectivity index (χ0n) is 15.8. The Hall–Kier alpha value is -3.86. The van der Waals surface area contributed by atoms with Crippen LogP contribution < -0.4 is 15.0 Å². The minimum absolute atomic E-state index is 0.0610. The fourth-order valence-electron chi connectivity index (χ4n) is 2.78. The number of para-hydroxylation sites is 2. The molecule has 148 valence electrons. The van der Waals surface area contributed by atoms with Crippen molar-refractivity contribution in [3.63, 3.8) is 0 Å². The zero-order valence-corrected chi connectivity index (χ0v) is 15.8. The summed E-state index contributed by atoms with van der Waals surface area (Å²) in [6.45, 7) is 1.50. The molecule has 1 heterocycles. The maximum atomic E-state index is 12.2. The number of nitrogens with one attached hydrogen (secondary N) is 1. The number of esters is 1. The number of carbonyl (C=O) groups excluding carboxylic acids is 3. The van der Waals surface area contributed by atoms with Crippen LogP contribution in [-0.2, 0) is 19.1 Å². The van der Waals surface area contributed by atoms with Crippen LogP contribution >= 0.6 is 0 Å². The monoisotopic (exact) mass is 393 g/mol. The number of amides is 2. The Bertz CT molecular complexity index is 965. The van der Waals surface area contributed by atoms with E-state index >= 15 is 0 Å². The first kappa shape index (κ1) is 19.9. The summed E-state index contributed by atoms with van der Waals surface area (Å²) in [5.41, 5.74) is 1.57. The van der Waals surface area contributed by atoms with Crippen molar-refractivity contribution in [1.29, 1.82) is 5.26 Å². The van der Waals surface area contributed by atoms with Crippen molar-refractivity contribution in [3.05, 3.63) is 54.1 Å². The second-order valence-corrected chi connectivity index (χ2v) is 6.36. The van der Waals surface area contributed by atoms with Crippen molar-refractivity contribution in [2.75, 3.05) is 23.4 Å². The molecule has 0 fully saturated rings. The van der Waals surface area contributed by atoms with E-state index in [1.165, 1.54) is 11.8 Å². The minimum Gasteiger partial charge on any atom is -0.482 e. The van der Waals surface area contributed by atoms with Crippen LogP contribution in [0.4, 0.5) is 11.4 Å². The summed E-state index contributed by atoms with van der Waals surface area (Å²) in [5.74, 6) is -0.751. The van der Waals surface area contributed by atoms with Gasteiger partial charge in [0.05, 0.1) is 23.7 Å². The third-order valence-corrected chi connectivity index (χ3v) is 4.31. The molecule has 1 N–H and O–H groups in total. The fraction of sp³-hybridized carbons (Fsp3) is 0.238. The molecule has 8 nitrogen and oxygen atoms in total. The Kier molecular flexibility index (Phi) is 6.09. The lowest BCUT2D eigenvalue weighted by Crippen LogP contribution is -2.40. The molecular weight excluding hydrogens is 374 g/mol. The Balaban J connectivity index is 1.51. The van der Waals surface area contributed by atoms with Crippen LogP contribution in [-0.4, -0.2) is 37.0 Å². The largest absolute Gasteiger partial charge is 0.482 e. The van der Waals surface area contributed by atoms with Crippen molar-refractivity contribution in [2.45, 2.75) is 19.4 Å². The SMILES string of the molecule is C[C@H](OC(=O)CCN1C(=O)COc2ccccc21)C(=O)Nc1ccc(C#N)cc1. The van der Waals surface area contributed by atoms with Gasteiger partial charge in [0.2, 0.25) is 0 Å². The highest BCUT2D eigenvalue weighted by Crippen LogP contribution is 2.31. The van der Waals surface area contributed by atoms with Crippen molar-refractivity contribution >= 4 is 29.2 Å². The molecule has 0 spiro atoms. The number of benzene rings is 2. The van der Waals surface area contributed by atoms with E-state index in [1.807, 2.05) is 6.07 Å². The van der Waals surface area contributed by atoms with E-state index in [1.54, 1.807) is 48.5 Å². The summed E-state index contributed by atoms with van der Waals surface area (Å²) in [6, 6.07) is 15.4. The number of rotatable bonds is 6. The zero-order chi connectivity index (χ0) is 20.8. The molecule has 1 aliphatic rings. The molecule has 8 heteroatoms. The van der Waals surface area contributed by atoms with Gasteiger partial charge in [0.15, 0.2) is 12.7 Å². The standard InChI is InChI=1S/C21H19N3O5/c1-14(21(27)23-16-8-6-15(12-22)7-9-16)29-20(26)10-11-24-17-4-2-3-5-18(17)28-13-19(24)25/h2-9,14H,10-11,13H2,1H3,(H,23,27)/t14-/m0/s1. The summed E-state index contributed by atoms with van der Waals surface area (Å²) in [5, 5.41) is 11.4. The Morgan fingerprint density at radius 2 is 1.97 bits per heavy atom. The Morgan fingerprint density at radius 3 is 2.69 bits per heavy atom. The lowest BCUT2D eigenvalue weighted by atomic mass is 10.2. The van der Waals surface area contributed by atoms with E-state index in [2.05, 4.69) is 5.32 Å². The van der Waals surface area contributed by atoms with E-state index in [0.29, 0.717) is 22.7 Å². The van der Waals surface area contributed by atoms with Gasteiger partial charge in [-0.25, -0.2) is 0 Å². The van der Waals surface area contributed by atoms with Crippen molar-refractivity contribution in [3.8, 4) is 11.8 Å². The third-order valence-electron chi connectivity index (χ3n) is 4.31. The molecular formula is C21H19N3O5. The number of ether oxygens (including phenoxy) is 2. The van der Waals surface area contributed by atoms with Gasteiger partial charge in [-0.3, -0.25) is 14.4 Å².